The van der Waals surface area contributed by atoms with Gasteiger partial charge < -0.3 is 18.9 Å². The van der Waals surface area contributed by atoms with Gasteiger partial charge in [-0.3, -0.25) is 9.48 Å². The molecule has 1 aromatic carbocycles. The summed E-state index contributed by atoms with van der Waals surface area (Å²) in [6.07, 6.45) is 6.78. The van der Waals surface area contributed by atoms with E-state index in [4.69, 9.17) is 14.5 Å². The smallest absolute Gasteiger partial charge is 0.253 e. The van der Waals surface area contributed by atoms with Crippen molar-refractivity contribution in [3.8, 4) is 16.9 Å². The highest BCUT2D eigenvalue weighted by molar-refractivity contribution is 5.94. The first-order chi connectivity index (χ1) is 18.4. The Bertz CT molecular complexity index is 1580. The van der Waals surface area contributed by atoms with Crippen LogP contribution in [0.25, 0.3) is 22.0 Å². The zero-order chi connectivity index (χ0) is 26.6. The second kappa shape index (κ2) is 9.58. The molecule has 2 aliphatic heterocycles. The predicted octanol–water partition coefficient (Wildman–Crippen LogP) is 5.19. The predicted molar refractivity (Wildman–Crippen MR) is 150 cm³/mol. The van der Waals surface area contributed by atoms with E-state index < -0.39 is 0 Å². The van der Waals surface area contributed by atoms with Crippen LogP contribution in [0.1, 0.15) is 54.8 Å². The van der Waals surface area contributed by atoms with Crippen molar-refractivity contribution in [1.82, 2.24) is 19.3 Å². The van der Waals surface area contributed by atoms with Gasteiger partial charge >= 0.3 is 0 Å². The Morgan fingerprint density at radius 2 is 1.87 bits per heavy atom. The van der Waals surface area contributed by atoms with Crippen molar-refractivity contribution in [3.63, 3.8) is 0 Å². The molecule has 1 unspecified atom stereocenters. The lowest BCUT2D eigenvalue weighted by atomic mass is 9.88. The number of ether oxygens (including phenoxy) is 2. The van der Waals surface area contributed by atoms with Crippen LogP contribution in [0.15, 0.2) is 41.5 Å². The first-order valence-corrected chi connectivity index (χ1v) is 13.4. The molecule has 0 bridgehead atoms. The highest BCUT2D eigenvalue weighted by atomic mass is 16.5. The molecule has 8 nitrogen and oxygen atoms in total. The van der Waals surface area contributed by atoms with Crippen molar-refractivity contribution in [2.75, 3.05) is 31.8 Å². The van der Waals surface area contributed by atoms with Gasteiger partial charge in [0.1, 0.15) is 11.6 Å². The fourth-order valence-electron chi connectivity index (χ4n) is 6.01. The summed E-state index contributed by atoms with van der Waals surface area (Å²) in [4.78, 5) is 20.6. The maximum Gasteiger partial charge on any atom is 0.253 e. The fourth-order valence-corrected chi connectivity index (χ4v) is 6.01. The van der Waals surface area contributed by atoms with Gasteiger partial charge in [0, 0.05) is 85.5 Å². The minimum Gasteiger partial charge on any atom is -0.496 e. The van der Waals surface area contributed by atoms with Crippen LogP contribution in [0.5, 0.6) is 5.75 Å². The van der Waals surface area contributed by atoms with Crippen molar-refractivity contribution in [3.05, 3.63) is 63.8 Å². The number of hydrogen-bond donors (Lipinski definition) is 0. The molecule has 38 heavy (non-hydrogen) atoms. The maximum absolute atomic E-state index is 12.9. The van der Waals surface area contributed by atoms with Gasteiger partial charge in [0.2, 0.25) is 0 Å². The fraction of sp³-hybridized carbons (Fsp3) is 0.433. The summed E-state index contributed by atoms with van der Waals surface area (Å²) in [5, 5.41) is 5.37. The lowest BCUT2D eigenvalue weighted by Gasteiger charge is -2.36. The molecular formula is C30H35N5O3. The number of rotatable bonds is 4. The van der Waals surface area contributed by atoms with E-state index in [0.29, 0.717) is 11.8 Å². The molecule has 3 aromatic heterocycles. The topological polar surface area (TPSA) is 74.4 Å². The van der Waals surface area contributed by atoms with E-state index in [2.05, 4.69) is 35.1 Å². The summed E-state index contributed by atoms with van der Waals surface area (Å²) in [6, 6.07) is 8.53. The molecule has 1 saturated heterocycles. The van der Waals surface area contributed by atoms with E-state index in [9.17, 15) is 4.79 Å². The molecule has 4 aromatic rings. The van der Waals surface area contributed by atoms with Crippen molar-refractivity contribution in [2.45, 2.75) is 44.9 Å². The SMILES string of the molecule is COc1cc2c(cc1-c1cnn(C)c1)C(C)CCN2c1nc(C2CCOCC2)cc2c1cc(C)c(=O)n2C. The van der Waals surface area contributed by atoms with E-state index in [1.54, 1.807) is 11.7 Å². The lowest BCUT2D eigenvalue weighted by molar-refractivity contribution is 0.0845. The molecule has 2 aliphatic rings. The van der Waals surface area contributed by atoms with Gasteiger partial charge in [-0.25, -0.2) is 4.98 Å². The van der Waals surface area contributed by atoms with Crippen molar-refractivity contribution in [1.29, 1.82) is 0 Å². The standard InChI is InChI=1S/C30H35N5O3/c1-18-6-9-35(27-15-28(37-5)23(13-22(18)27)21-16-31-33(3)17-21)29-24-12-19(2)30(36)34(4)26(24)14-25(32-29)20-7-10-38-11-8-20/h12-18,20H,6-11H2,1-5H3. The molecule has 0 spiro atoms. The first kappa shape index (κ1) is 24.7. The number of benzene rings is 1. The van der Waals surface area contributed by atoms with Gasteiger partial charge in [-0.05, 0) is 55.9 Å². The number of fused-ring (bicyclic) bond motifs is 2. The Labute approximate surface area is 222 Å². The number of aromatic nitrogens is 4. The molecule has 0 radical (unpaired) electrons. The van der Waals surface area contributed by atoms with Gasteiger partial charge in [-0.2, -0.15) is 5.10 Å². The average Bonchev–Trinajstić information content (AvgIpc) is 3.37. The van der Waals surface area contributed by atoms with Gasteiger partial charge in [-0.15, -0.1) is 0 Å². The number of nitrogens with zero attached hydrogens (tertiary/aromatic N) is 5. The van der Waals surface area contributed by atoms with Crippen LogP contribution in [-0.4, -0.2) is 46.2 Å². The summed E-state index contributed by atoms with van der Waals surface area (Å²) >= 11 is 0. The van der Waals surface area contributed by atoms with Crippen LogP contribution in [-0.2, 0) is 18.8 Å². The van der Waals surface area contributed by atoms with Crippen LogP contribution in [0, 0.1) is 6.92 Å². The second-order valence-corrected chi connectivity index (χ2v) is 10.7. The van der Waals surface area contributed by atoms with Crippen LogP contribution in [0.3, 0.4) is 0 Å². The number of hydrogen-bond acceptors (Lipinski definition) is 6. The third-order valence-electron chi connectivity index (χ3n) is 8.27. The molecule has 1 atom stereocenters. The van der Waals surface area contributed by atoms with Gasteiger partial charge in [0.25, 0.3) is 5.56 Å². The van der Waals surface area contributed by atoms with Crippen molar-refractivity contribution in [2.24, 2.45) is 14.1 Å². The van der Waals surface area contributed by atoms with Crippen molar-refractivity contribution < 1.29 is 9.47 Å². The highest BCUT2D eigenvalue weighted by Gasteiger charge is 2.29. The summed E-state index contributed by atoms with van der Waals surface area (Å²) in [5.41, 5.74) is 7.16. The number of aryl methyl sites for hydroxylation is 3. The van der Waals surface area contributed by atoms with Gasteiger partial charge in [0.05, 0.1) is 18.8 Å². The van der Waals surface area contributed by atoms with Crippen LogP contribution in [0.2, 0.25) is 0 Å². The summed E-state index contributed by atoms with van der Waals surface area (Å²) in [5.74, 6) is 2.42. The van der Waals surface area contributed by atoms with Crippen LogP contribution < -0.4 is 15.2 Å². The van der Waals surface area contributed by atoms with E-state index in [0.717, 1.165) is 89.6 Å². The third-order valence-corrected chi connectivity index (χ3v) is 8.27. The third kappa shape index (κ3) is 4.07. The Kier molecular flexibility index (Phi) is 6.22. The summed E-state index contributed by atoms with van der Waals surface area (Å²) in [6.45, 7) is 6.49. The molecule has 5 heterocycles. The molecular weight excluding hydrogens is 478 g/mol. The molecule has 0 amide bonds. The minimum atomic E-state index is 0.0306. The maximum atomic E-state index is 12.9. The molecule has 6 rings (SSSR count). The number of anilines is 2. The average molecular weight is 514 g/mol. The largest absolute Gasteiger partial charge is 0.496 e. The lowest BCUT2D eigenvalue weighted by Crippen LogP contribution is -2.29. The molecule has 0 saturated carbocycles. The highest BCUT2D eigenvalue weighted by Crippen LogP contribution is 2.46. The molecule has 8 heteroatoms. The molecule has 1 fully saturated rings. The molecule has 0 N–H and O–H groups in total. The molecule has 198 valence electrons. The van der Waals surface area contributed by atoms with Crippen molar-refractivity contribution >= 4 is 22.4 Å². The second-order valence-electron chi connectivity index (χ2n) is 10.7. The molecule has 0 aliphatic carbocycles. The Balaban J connectivity index is 1.58. The van der Waals surface area contributed by atoms with Crippen LogP contribution in [0.4, 0.5) is 11.5 Å². The summed E-state index contributed by atoms with van der Waals surface area (Å²) < 4.78 is 15.1. The van der Waals surface area contributed by atoms with Gasteiger partial charge in [-0.1, -0.05) is 6.92 Å². The van der Waals surface area contributed by atoms with Crippen LogP contribution >= 0.6 is 0 Å². The Hall–Kier alpha value is -3.65. The van der Waals surface area contributed by atoms with E-state index in [1.165, 1.54) is 5.56 Å². The first-order valence-electron chi connectivity index (χ1n) is 13.4. The van der Waals surface area contributed by atoms with Gasteiger partial charge in [0.15, 0.2) is 0 Å². The zero-order valence-electron chi connectivity index (χ0n) is 22.8. The Morgan fingerprint density at radius 1 is 1.08 bits per heavy atom. The van der Waals surface area contributed by atoms with E-state index in [1.807, 2.05) is 44.2 Å². The van der Waals surface area contributed by atoms with E-state index >= 15 is 0 Å². The number of pyridine rings is 2. The monoisotopic (exact) mass is 513 g/mol. The normalized spacial score (nSPS) is 18.1. The zero-order valence-corrected chi connectivity index (χ0v) is 22.8. The Morgan fingerprint density at radius 3 is 2.58 bits per heavy atom. The quantitative estimate of drug-likeness (QED) is 0.374. The summed E-state index contributed by atoms with van der Waals surface area (Å²) in [7, 11) is 5.51. The minimum absolute atomic E-state index is 0.0306. The number of methoxy groups -OCH3 is 1. The van der Waals surface area contributed by atoms with E-state index in [-0.39, 0.29) is 5.56 Å².